The third kappa shape index (κ3) is 4.46. The van der Waals surface area contributed by atoms with Gasteiger partial charge < -0.3 is 4.57 Å². The van der Waals surface area contributed by atoms with Crippen LogP contribution in [0.15, 0.2) is 66.1 Å². The third-order valence-corrected chi connectivity index (χ3v) is 9.87. The third-order valence-electron chi connectivity index (χ3n) is 8.35. The van der Waals surface area contributed by atoms with E-state index in [0.29, 0.717) is 17.9 Å². The van der Waals surface area contributed by atoms with E-state index in [1.54, 1.807) is 17.8 Å². The van der Waals surface area contributed by atoms with Crippen LogP contribution in [0.1, 0.15) is 59.8 Å². The molecule has 1 aromatic heterocycles. The topological polar surface area (TPSA) is 67.2 Å². The minimum Gasteiger partial charge on any atom is -0.324 e. The first-order valence-corrected chi connectivity index (χ1v) is 14.4. The highest BCUT2D eigenvalue weighted by molar-refractivity contribution is 7.89. The summed E-state index contributed by atoms with van der Waals surface area (Å²) in [6.07, 6.45) is 9.63. The van der Waals surface area contributed by atoms with Crippen LogP contribution in [-0.2, 0) is 29.9 Å². The van der Waals surface area contributed by atoms with Crippen LogP contribution in [0.5, 0.6) is 0 Å². The molecule has 6 nitrogen and oxygen atoms in total. The molecule has 2 aliphatic carbocycles. The highest BCUT2D eigenvalue weighted by Crippen LogP contribution is 2.43. The number of hydrogen-bond acceptors (Lipinski definition) is 4. The van der Waals surface area contributed by atoms with Crippen molar-refractivity contribution in [3.63, 3.8) is 0 Å². The van der Waals surface area contributed by atoms with Gasteiger partial charge in [0.2, 0.25) is 5.16 Å². The van der Waals surface area contributed by atoms with Gasteiger partial charge >= 0.3 is 0 Å². The van der Waals surface area contributed by atoms with Crippen molar-refractivity contribution in [1.82, 2.24) is 19.2 Å². The van der Waals surface area contributed by atoms with E-state index in [4.69, 9.17) is 0 Å². The zero-order chi connectivity index (χ0) is 24.0. The Morgan fingerprint density at radius 1 is 1.09 bits per heavy atom. The molecule has 2 fully saturated rings. The van der Waals surface area contributed by atoms with E-state index in [-0.39, 0.29) is 11.2 Å². The van der Waals surface area contributed by atoms with Crippen LogP contribution in [-0.4, -0.2) is 48.0 Å². The molecule has 0 amide bonds. The maximum Gasteiger partial charge on any atom is 0.274 e. The standard InChI is InChI=1S/C28H34N4O2S/c1-31-15-12-29-28(31)35(33,34)30-24-17-23(18-24)22-9-8-21-10-11-27(32-13-5-14-32)26(25(21)19-22)16-20-6-3-2-4-7-20/h2-4,6-9,12,15,19,23-24,26-27,30H,5,10-11,13-14,16-18H2,1H3/t23?,24?,26-,27+/m1/s1. The Bertz CT molecular complexity index is 1290. The maximum absolute atomic E-state index is 12.7. The van der Waals surface area contributed by atoms with Crippen LogP contribution in [0.25, 0.3) is 0 Å². The summed E-state index contributed by atoms with van der Waals surface area (Å²) in [5, 5.41) is 0.0792. The van der Waals surface area contributed by atoms with E-state index in [1.807, 2.05) is 0 Å². The van der Waals surface area contributed by atoms with Crippen LogP contribution in [0.3, 0.4) is 0 Å². The molecule has 6 rings (SSSR count). The number of nitrogens with one attached hydrogen (secondary N) is 1. The van der Waals surface area contributed by atoms with E-state index >= 15 is 0 Å². The SMILES string of the molecule is Cn1ccnc1S(=O)(=O)NC1CC(c2ccc3c(c2)[C@@H](Cc2ccccc2)[C@@H](N2CCC2)CC3)C1. The van der Waals surface area contributed by atoms with Gasteiger partial charge in [-0.3, -0.25) is 4.90 Å². The fourth-order valence-electron chi connectivity index (χ4n) is 6.24. The molecule has 2 atom stereocenters. The molecular weight excluding hydrogens is 456 g/mol. The fraction of sp³-hybridized carbons (Fsp3) is 0.464. The van der Waals surface area contributed by atoms with Crippen molar-refractivity contribution in [3.8, 4) is 0 Å². The first-order valence-electron chi connectivity index (χ1n) is 12.9. The molecule has 35 heavy (non-hydrogen) atoms. The summed E-state index contributed by atoms with van der Waals surface area (Å²) in [4.78, 5) is 6.70. The lowest BCUT2D eigenvalue weighted by molar-refractivity contribution is 0.0876. The van der Waals surface area contributed by atoms with E-state index in [9.17, 15) is 8.42 Å². The molecular formula is C28H34N4O2S. The van der Waals surface area contributed by atoms with Crippen LogP contribution >= 0.6 is 0 Å². The zero-order valence-electron chi connectivity index (χ0n) is 20.3. The lowest BCUT2D eigenvalue weighted by Gasteiger charge is -2.46. The first-order chi connectivity index (χ1) is 17.0. The smallest absolute Gasteiger partial charge is 0.274 e. The average molecular weight is 491 g/mol. The van der Waals surface area contributed by atoms with Crippen molar-refractivity contribution < 1.29 is 8.42 Å². The van der Waals surface area contributed by atoms with Gasteiger partial charge in [0.05, 0.1) is 0 Å². The van der Waals surface area contributed by atoms with Gasteiger partial charge in [-0.05, 0) is 79.8 Å². The maximum atomic E-state index is 12.7. The summed E-state index contributed by atoms with van der Waals surface area (Å²) < 4.78 is 29.8. The molecule has 0 bridgehead atoms. The Hall–Kier alpha value is -2.48. The molecule has 0 radical (unpaired) electrons. The predicted molar refractivity (Wildman–Crippen MR) is 137 cm³/mol. The van der Waals surface area contributed by atoms with Crippen molar-refractivity contribution in [3.05, 3.63) is 83.2 Å². The van der Waals surface area contributed by atoms with Gasteiger partial charge in [-0.1, -0.05) is 48.5 Å². The monoisotopic (exact) mass is 490 g/mol. The molecule has 7 heteroatoms. The van der Waals surface area contributed by atoms with Crippen molar-refractivity contribution in [2.75, 3.05) is 13.1 Å². The Morgan fingerprint density at radius 3 is 2.57 bits per heavy atom. The zero-order valence-corrected chi connectivity index (χ0v) is 21.1. The highest BCUT2D eigenvalue weighted by atomic mass is 32.2. The van der Waals surface area contributed by atoms with Crippen LogP contribution < -0.4 is 4.72 Å². The van der Waals surface area contributed by atoms with E-state index in [2.05, 4.69) is 63.1 Å². The number of benzene rings is 2. The van der Waals surface area contributed by atoms with Crippen molar-refractivity contribution in [2.45, 2.75) is 67.6 Å². The first kappa shape index (κ1) is 23.0. The van der Waals surface area contributed by atoms with Crippen molar-refractivity contribution in [1.29, 1.82) is 0 Å². The number of imidazole rings is 1. The van der Waals surface area contributed by atoms with E-state index in [0.717, 1.165) is 25.7 Å². The number of hydrogen-bond donors (Lipinski definition) is 1. The van der Waals surface area contributed by atoms with Gasteiger partial charge in [0, 0.05) is 37.4 Å². The molecule has 3 aromatic rings. The van der Waals surface area contributed by atoms with Gasteiger partial charge in [-0.15, -0.1) is 0 Å². The molecule has 1 saturated carbocycles. The largest absolute Gasteiger partial charge is 0.324 e. The predicted octanol–water partition coefficient (Wildman–Crippen LogP) is 3.99. The minimum atomic E-state index is -3.59. The summed E-state index contributed by atoms with van der Waals surface area (Å²) >= 11 is 0. The van der Waals surface area contributed by atoms with Crippen LogP contribution in [0, 0.1) is 0 Å². The molecule has 2 heterocycles. The summed E-state index contributed by atoms with van der Waals surface area (Å²) in [7, 11) is -1.88. The number of fused-ring (bicyclic) bond motifs is 1. The number of likely N-dealkylation sites (tertiary alicyclic amines) is 1. The number of nitrogens with zero attached hydrogens (tertiary/aromatic N) is 3. The summed E-state index contributed by atoms with van der Waals surface area (Å²) in [6, 6.07) is 18.6. The Labute approximate surface area is 208 Å². The number of rotatable bonds is 7. The van der Waals surface area contributed by atoms with Gasteiger partial charge in [0.1, 0.15) is 0 Å². The second kappa shape index (κ2) is 9.19. The van der Waals surface area contributed by atoms with Gasteiger partial charge in [-0.2, -0.15) is 0 Å². The molecule has 0 unspecified atom stereocenters. The molecule has 0 spiro atoms. The van der Waals surface area contributed by atoms with Gasteiger partial charge in [0.25, 0.3) is 10.0 Å². The van der Waals surface area contributed by atoms with Gasteiger partial charge in [0.15, 0.2) is 0 Å². The highest BCUT2D eigenvalue weighted by Gasteiger charge is 2.38. The second-order valence-corrected chi connectivity index (χ2v) is 12.2. The van der Waals surface area contributed by atoms with Gasteiger partial charge in [-0.25, -0.2) is 18.1 Å². The van der Waals surface area contributed by atoms with E-state index in [1.165, 1.54) is 54.4 Å². The van der Waals surface area contributed by atoms with Crippen LogP contribution in [0.2, 0.25) is 0 Å². The molecule has 1 aliphatic heterocycles. The normalized spacial score (nSPS) is 26.5. The molecule has 184 valence electrons. The number of aryl methyl sites for hydroxylation is 2. The molecule has 1 N–H and O–H groups in total. The lowest BCUT2D eigenvalue weighted by atomic mass is 9.71. The summed E-state index contributed by atoms with van der Waals surface area (Å²) in [5.74, 6) is 0.912. The Morgan fingerprint density at radius 2 is 1.89 bits per heavy atom. The molecule has 2 aromatic carbocycles. The summed E-state index contributed by atoms with van der Waals surface area (Å²) in [6.45, 7) is 2.46. The quantitative estimate of drug-likeness (QED) is 0.544. The number of sulfonamides is 1. The van der Waals surface area contributed by atoms with E-state index < -0.39 is 10.0 Å². The Balaban J connectivity index is 1.20. The average Bonchev–Trinajstić information content (AvgIpc) is 3.24. The fourth-order valence-corrected chi connectivity index (χ4v) is 7.62. The lowest BCUT2D eigenvalue weighted by Crippen LogP contribution is -2.50. The molecule has 3 aliphatic rings. The molecule has 1 saturated heterocycles. The van der Waals surface area contributed by atoms with Crippen molar-refractivity contribution in [2.24, 2.45) is 7.05 Å². The minimum absolute atomic E-state index is 0.0355. The Kier molecular flexibility index (Phi) is 6.03. The van der Waals surface area contributed by atoms with Crippen molar-refractivity contribution >= 4 is 10.0 Å². The second-order valence-electron chi connectivity index (χ2n) is 10.6. The summed E-state index contributed by atoms with van der Waals surface area (Å²) in [5.41, 5.74) is 5.79. The number of aromatic nitrogens is 2. The van der Waals surface area contributed by atoms with Crippen LogP contribution in [0.4, 0.5) is 0 Å².